The van der Waals surface area contributed by atoms with Crippen molar-refractivity contribution in [2.24, 2.45) is 11.1 Å². The highest BCUT2D eigenvalue weighted by molar-refractivity contribution is 5.29. The van der Waals surface area contributed by atoms with E-state index in [0.717, 1.165) is 18.8 Å². The van der Waals surface area contributed by atoms with Gasteiger partial charge >= 0.3 is 0 Å². The SMILES string of the molecule is CCOc1ccc(C(CN)N2CCCC(C)(C)CC2)cc1. The molecule has 2 N–H and O–H groups in total. The van der Waals surface area contributed by atoms with Crippen molar-refractivity contribution in [3.05, 3.63) is 29.8 Å². The van der Waals surface area contributed by atoms with Crippen LogP contribution in [0.4, 0.5) is 0 Å². The third-order valence-electron chi connectivity index (χ3n) is 4.61. The molecule has 0 aromatic heterocycles. The van der Waals surface area contributed by atoms with Gasteiger partial charge in [0.25, 0.3) is 0 Å². The summed E-state index contributed by atoms with van der Waals surface area (Å²) in [6, 6.07) is 8.78. The molecule has 1 aliphatic heterocycles. The lowest BCUT2D eigenvalue weighted by molar-refractivity contribution is 0.200. The molecule has 0 bridgehead atoms. The Kier molecular flexibility index (Phi) is 5.65. The summed E-state index contributed by atoms with van der Waals surface area (Å²) in [5.41, 5.74) is 7.85. The first-order valence-electron chi connectivity index (χ1n) is 8.22. The minimum absolute atomic E-state index is 0.328. The van der Waals surface area contributed by atoms with Gasteiger partial charge in [0.15, 0.2) is 0 Å². The number of nitrogens with two attached hydrogens (primary N) is 1. The molecule has 0 radical (unpaired) electrons. The average molecular weight is 290 g/mol. The van der Waals surface area contributed by atoms with Gasteiger partial charge in [0.2, 0.25) is 0 Å². The molecule has 1 unspecified atom stereocenters. The maximum Gasteiger partial charge on any atom is 0.119 e. The highest BCUT2D eigenvalue weighted by Crippen LogP contribution is 2.33. The van der Waals surface area contributed by atoms with Crippen LogP contribution in [0.15, 0.2) is 24.3 Å². The van der Waals surface area contributed by atoms with Crippen LogP contribution in [0.2, 0.25) is 0 Å². The zero-order valence-electron chi connectivity index (χ0n) is 13.8. The van der Waals surface area contributed by atoms with Gasteiger partial charge in [-0.05, 0) is 62.4 Å². The van der Waals surface area contributed by atoms with Gasteiger partial charge in [-0.2, -0.15) is 0 Å². The summed E-state index contributed by atoms with van der Waals surface area (Å²) in [7, 11) is 0. The Balaban J connectivity index is 2.07. The summed E-state index contributed by atoms with van der Waals surface area (Å²) >= 11 is 0. The fourth-order valence-corrected chi connectivity index (χ4v) is 3.20. The van der Waals surface area contributed by atoms with Crippen LogP contribution in [0.1, 0.15) is 51.6 Å². The Labute approximate surface area is 129 Å². The number of ether oxygens (including phenoxy) is 1. The molecular formula is C18H30N2O. The number of rotatable bonds is 5. The molecule has 3 heteroatoms. The average Bonchev–Trinajstić information content (AvgIpc) is 2.63. The van der Waals surface area contributed by atoms with Gasteiger partial charge in [-0.25, -0.2) is 0 Å². The second kappa shape index (κ2) is 7.28. The highest BCUT2D eigenvalue weighted by atomic mass is 16.5. The van der Waals surface area contributed by atoms with E-state index in [2.05, 4.69) is 43.0 Å². The molecular weight excluding hydrogens is 260 g/mol. The van der Waals surface area contributed by atoms with Crippen LogP contribution in [0.5, 0.6) is 5.75 Å². The van der Waals surface area contributed by atoms with Crippen LogP contribution in [0.3, 0.4) is 0 Å². The highest BCUT2D eigenvalue weighted by Gasteiger charge is 2.27. The lowest BCUT2D eigenvalue weighted by Gasteiger charge is -2.31. The molecule has 1 aliphatic rings. The fourth-order valence-electron chi connectivity index (χ4n) is 3.20. The summed E-state index contributed by atoms with van der Waals surface area (Å²) in [5, 5.41) is 0. The molecule has 3 nitrogen and oxygen atoms in total. The van der Waals surface area contributed by atoms with Crippen LogP contribution in [0.25, 0.3) is 0 Å². The van der Waals surface area contributed by atoms with E-state index >= 15 is 0 Å². The second-order valence-electron chi connectivity index (χ2n) is 6.81. The zero-order chi connectivity index (χ0) is 15.3. The molecule has 0 saturated carbocycles. The van der Waals surface area contributed by atoms with Crippen molar-refractivity contribution in [1.82, 2.24) is 4.90 Å². The molecule has 0 aliphatic carbocycles. The van der Waals surface area contributed by atoms with Crippen molar-refractivity contribution in [3.8, 4) is 5.75 Å². The predicted molar refractivity (Wildman–Crippen MR) is 88.6 cm³/mol. The van der Waals surface area contributed by atoms with Gasteiger partial charge in [-0.3, -0.25) is 4.90 Å². The van der Waals surface area contributed by atoms with Crippen molar-refractivity contribution in [1.29, 1.82) is 0 Å². The maximum absolute atomic E-state index is 6.08. The van der Waals surface area contributed by atoms with Crippen LogP contribution in [-0.4, -0.2) is 31.1 Å². The monoisotopic (exact) mass is 290 g/mol. The Morgan fingerprint density at radius 1 is 1.19 bits per heavy atom. The fraction of sp³-hybridized carbons (Fsp3) is 0.667. The third kappa shape index (κ3) is 4.45. The molecule has 1 aromatic rings. The molecule has 1 saturated heterocycles. The molecule has 0 amide bonds. The van der Waals surface area contributed by atoms with E-state index in [-0.39, 0.29) is 0 Å². The van der Waals surface area contributed by atoms with Gasteiger partial charge in [0, 0.05) is 12.6 Å². The predicted octanol–water partition coefficient (Wildman–Crippen LogP) is 3.60. The van der Waals surface area contributed by atoms with Gasteiger partial charge < -0.3 is 10.5 Å². The molecule has 1 fully saturated rings. The van der Waals surface area contributed by atoms with Gasteiger partial charge in [-0.1, -0.05) is 26.0 Å². The summed E-state index contributed by atoms with van der Waals surface area (Å²) in [6.07, 6.45) is 3.82. The van der Waals surface area contributed by atoms with E-state index in [4.69, 9.17) is 10.5 Å². The van der Waals surface area contributed by atoms with Crippen molar-refractivity contribution in [2.75, 3.05) is 26.2 Å². The number of hydrogen-bond acceptors (Lipinski definition) is 3. The molecule has 118 valence electrons. The molecule has 1 aromatic carbocycles. The summed E-state index contributed by atoms with van der Waals surface area (Å²) in [5.74, 6) is 0.939. The van der Waals surface area contributed by atoms with Crippen molar-refractivity contribution in [3.63, 3.8) is 0 Å². The van der Waals surface area contributed by atoms with E-state index < -0.39 is 0 Å². The number of hydrogen-bond donors (Lipinski definition) is 1. The number of benzene rings is 1. The summed E-state index contributed by atoms with van der Waals surface area (Å²) in [4.78, 5) is 2.56. The Bertz CT molecular complexity index is 427. The molecule has 1 atom stereocenters. The quantitative estimate of drug-likeness (QED) is 0.900. The first kappa shape index (κ1) is 16.3. The molecule has 0 spiro atoms. The summed E-state index contributed by atoms with van der Waals surface area (Å²) in [6.45, 7) is 10.4. The van der Waals surface area contributed by atoms with E-state index in [0.29, 0.717) is 24.6 Å². The zero-order valence-corrected chi connectivity index (χ0v) is 13.8. The van der Waals surface area contributed by atoms with Gasteiger partial charge in [0.1, 0.15) is 5.75 Å². The minimum atomic E-state index is 0.328. The third-order valence-corrected chi connectivity index (χ3v) is 4.61. The van der Waals surface area contributed by atoms with Crippen LogP contribution in [0, 0.1) is 5.41 Å². The van der Waals surface area contributed by atoms with Crippen LogP contribution < -0.4 is 10.5 Å². The van der Waals surface area contributed by atoms with E-state index in [1.807, 2.05) is 6.92 Å². The Hall–Kier alpha value is -1.06. The van der Waals surface area contributed by atoms with Gasteiger partial charge in [0.05, 0.1) is 6.61 Å². The lowest BCUT2D eigenvalue weighted by atomic mass is 9.85. The number of likely N-dealkylation sites (tertiary alicyclic amines) is 1. The smallest absolute Gasteiger partial charge is 0.119 e. The number of nitrogens with zero attached hydrogens (tertiary/aromatic N) is 1. The normalized spacial score (nSPS) is 20.8. The van der Waals surface area contributed by atoms with Crippen LogP contribution in [-0.2, 0) is 0 Å². The first-order chi connectivity index (χ1) is 10.1. The Morgan fingerprint density at radius 2 is 1.90 bits per heavy atom. The van der Waals surface area contributed by atoms with E-state index in [9.17, 15) is 0 Å². The summed E-state index contributed by atoms with van der Waals surface area (Å²) < 4.78 is 5.52. The van der Waals surface area contributed by atoms with Crippen molar-refractivity contribution in [2.45, 2.75) is 46.1 Å². The standard InChI is InChI=1S/C18H30N2O/c1-4-21-16-8-6-15(7-9-16)17(14-19)20-12-5-10-18(2,3)11-13-20/h6-9,17H,4-5,10-14,19H2,1-3H3. The molecule has 2 rings (SSSR count). The minimum Gasteiger partial charge on any atom is -0.494 e. The van der Waals surface area contributed by atoms with E-state index in [1.165, 1.54) is 24.8 Å². The van der Waals surface area contributed by atoms with Crippen molar-refractivity contribution >= 4 is 0 Å². The van der Waals surface area contributed by atoms with E-state index in [1.54, 1.807) is 0 Å². The second-order valence-corrected chi connectivity index (χ2v) is 6.81. The lowest BCUT2D eigenvalue weighted by Crippen LogP contribution is -2.34. The van der Waals surface area contributed by atoms with Crippen molar-refractivity contribution < 1.29 is 4.74 Å². The largest absolute Gasteiger partial charge is 0.494 e. The van der Waals surface area contributed by atoms with Gasteiger partial charge in [-0.15, -0.1) is 0 Å². The maximum atomic E-state index is 6.08. The van der Waals surface area contributed by atoms with Crippen LogP contribution >= 0.6 is 0 Å². The first-order valence-corrected chi connectivity index (χ1v) is 8.22. The Morgan fingerprint density at radius 3 is 2.52 bits per heavy atom. The topological polar surface area (TPSA) is 38.5 Å². The molecule has 1 heterocycles. The molecule has 21 heavy (non-hydrogen) atoms.